The minimum absolute atomic E-state index is 0.329. The van der Waals surface area contributed by atoms with Crippen molar-refractivity contribution in [1.29, 1.82) is 0 Å². The van der Waals surface area contributed by atoms with Gasteiger partial charge >= 0.3 is 6.01 Å². The zero-order valence-corrected chi connectivity index (χ0v) is 11.9. The molecule has 3 N–H and O–H groups in total. The minimum atomic E-state index is 0.329. The van der Waals surface area contributed by atoms with E-state index in [1.807, 2.05) is 6.07 Å². The van der Waals surface area contributed by atoms with Crippen LogP contribution in [0, 0.1) is 6.92 Å². The number of aromatic nitrogens is 2. The van der Waals surface area contributed by atoms with Gasteiger partial charge in [0.2, 0.25) is 0 Å². The van der Waals surface area contributed by atoms with Gasteiger partial charge in [-0.15, -0.1) is 0 Å². The second-order valence-electron chi connectivity index (χ2n) is 5.31. The number of anilines is 1. The number of benzene rings is 1. The molecule has 0 amide bonds. The van der Waals surface area contributed by atoms with Crippen LogP contribution in [0.1, 0.15) is 29.9 Å². The summed E-state index contributed by atoms with van der Waals surface area (Å²) in [6, 6.07) is 4.44. The van der Waals surface area contributed by atoms with Crippen molar-refractivity contribution in [2.75, 3.05) is 25.9 Å². The number of methoxy groups -OCH3 is 1. The second-order valence-corrected chi connectivity index (χ2v) is 5.31. The first-order valence-corrected chi connectivity index (χ1v) is 7.02. The number of nitrogens with zero attached hydrogens (tertiary/aromatic N) is 2. The van der Waals surface area contributed by atoms with E-state index in [2.05, 4.69) is 28.3 Å². The van der Waals surface area contributed by atoms with Crippen LogP contribution in [0.25, 0.3) is 10.9 Å². The molecule has 1 aliphatic rings. The summed E-state index contributed by atoms with van der Waals surface area (Å²) in [5.74, 6) is 1.04. The average molecular weight is 272 g/mol. The number of hydrogen-bond acceptors (Lipinski definition) is 5. The number of hydrogen-bond donors (Lipinski definition) is 2. The second kappa shape index (κ2) is 5.25. The lowest BCUT2D eigenvalue weighted by Crippen LogP contribution is -2.27. The number of nitrogen functional groups attached to an aromatic ring is 1. The number of nitrogens with one attached hydrogen (secondary N) is 1. The van der Waals surface area contributed by atoms with Crippen LogP contribution in [0.15, 0.2) is 12.1 Å². The number of nitrogens with two attached hydrogens (primary N) is 1. The Labute approximate surface area is 118 Å². The summed E-state index contributed by atoms with van der Waals surface area (Å²) in [7, 11) is 1.56. The maximum atomic E-state index is 6.16. The van der Waals surface area contributed by atoms with Crippen LogP contribution in [0.3, 0.4) is 0 Å². The molecule has 20 heavy (non-hydrogen) atoms. The maximum Gasteiger partial charge on any atom is 0.318 e. The van der Waals surface area contributed by atoms with Gasteiger partial charge in [0.15, 0.2) is 0 Å². The molecule has 1 aromatic heterocycles. The summed E-state index contributed by atoms with van der Waals surface area (Å²) in [5.41, 5.74) is 9.61. The van der Waals surface area contributed by atoms with E-state index in [0.29, 0.717) is 17.7 Å². The largest absolute Gasteiger partial charge is 0.467 e. The van der Waals surface area contributed by atoms with Gasteiger partial charge in [0.05, 0.1) is 12.6 Å². The molecule has 0 spiro atoms. The highest BCUT2D eigenvalue weighted by Gasteiger charge is 2.21. The zero-order valence-electron chi connectivity index (χ0n) is 11.9. The van der Waals surface area contributed by atoms with Crippen LogP contribution in [-0.2, 0) is 0 Å². The van der Waals surface area contributed by atoms with Crippen molar-refractivity contribution < 1.29 is 4.74 Å². The Balaban J connectivity index is 2.21. The van der Waals surface area contributed by atoms with Gasteiger partial charge in [-0.25, -0.2) is 0 Å². The van der Waals surface area contributed by atoms with Gasteiger partial charge in [-0.3, -0.25) is 0 Å². The average Bonchev–Trinajstić information content (AvgIpc) is 2.48. The molecule has 2 heterocycles. The topological polar surface area (TPSA) is 73.1 Å². The van der Waals surface area contributed by atoms with Crippen LogP contribution in [0.4, 0.5) is 5.82 Å². The predicted octanol–water partition coefficient (Wildman–Crippen LogP) is 2.00. The van der Waals surface area contributed by atoms with Gasteiger partial charge in [-0.2, -0.15) is 9.97 Å². The van der Waals surface area contributed by atoms with E-state index < -0.39 is 0 Å². The van der Waals surface area contributed by atoms with E-state index in [-0.39, 0.29) is 0 Å². The Hall–Kier alpha value is -1.88. The van der Waals surface area contributed by atoms with Crippen LogP contribution in [-0.4, -0.2) is 30.2 Å². The van der Waals surface area contributed by atoms with E-state index >= 15 is 0 Å². The highest BCUT2D eigenvalue weighted by molar-refractivity contribution is 5.92. The van der Waals surface area contributed by atoms with Crippen LogP contribution < -0.4 is 15.8 Å². The third-order valence-electron chi connectivity index (χ3n) is 4.06. The van der Waals surface area contributed by atoms with Crippen molar-refractivity contribution in [3.05, 3.63) is 23.3 Å². The third-order valence-corrected chi connectivity index (χ3v) is 4.06. The van der Waals surface area contributed by atoms with Gasteiger partial charge in [-0.1, -0.05) is 6.07 Å². The summed E-state index contributed by atoms with van der Waals surface area (Å²) >= 11 is 0. The first-order valence-electron chi connectivity index (χ1n) is 7.02. The van der Waals surface area contributed by atoms with Crippen molar-refractivity contribution in [1.82, 2.24) is 15.3 Å². The first kappa shape index (κ1) is 13.1. The van der Waals surface area contributed by atoms with E-state index in [9.17, 15) is 0 Å². The van der Waals surface area contributed by atoms with Crippen molar-refractivity contribution >= 4 is 16.7 Å². The molecule has 106 valence electrons. The molecule has 1 fully saturated rings. The lowest BCUT2D eigenvalue weighted by atomic mass is 9.85. The molecular weight excluding hydrogens is 252 g/mol. The van der Waals surface area contributed by atoms with Gasteiger partial charge in [0, 0.05) is 5.39 Å². The number of piperidine rings is 1. The van der Waals surface area contributed by atoms with E-state index in [1.54, 1.807) is 7.11 Å². The molecule has 0 aliphatic carbocycles. The van der Waals surface area contributed by atoms with E-state index in [4.69, 9.17) is 10.5 Å². The van der Waals surface area contributed by atoms with Crippen LogP contribution in [0.5, 0.6) is 6.01 Å². The number of rotatable bonds is 2. The summed E-state index contributed by atoms with van der Waals surface area (Å²) in [4.78, 5) is 8.67. The number of fused-ring (bicyclic) bond motifs is 1. The molecule has 2 aromatic rings. The van der Waals surface area contributed by atoms with Gasteiger partial charge in [-0.05, 0) is 56.0 Å². The molecule has 0 radical (unpaired) electrons. The molecule has 5 nitrogen and oxygen atoms in total. The third kappa shape index (κ3) is 2.18. The smallest absolute Gasteiger partial charge is 0.318 e. The van der Waals surface area contributed by atoms with E-state index in [0.717, 1.165) is 36.8 Å². The first-order chi connectivity index (χ1) is 9.70. The normalized spacial score (nSPS) is 16.5. The monoisotopic (exact) mass is 272 g/mol. The molecule has 1 saturated heterocycles. The standard InChI is InChI=1S/C15H20N4O/c1-9-3-4-11-13(14(16)19-15(18-11)20-2)12(9)10-5-7-17-8-6-10/h3-4,10,17H,5-8H2,1-2H3,(H2,16,18,19). The number of ether oxygens (including phenoxy) is 1. The highest BCUT2D eigenvalue weighted by Crippen LogP contribution is 2.36. The van der Waals surface area contributed by atoms with Crippen molar-refractivity contribution in [3.8, 4) is 6.01 Å². The van der Waals surface area contributed by atoms with Crippen molar-refractivity contribution in [3.63, 3.8) is 0 Å². The SMILES string of the molecule is COc1nc(N)c2c(C3CCNCC3)c(C)ccc2n1. The Morgan fingerprint density at radius 3 is 2.70 bits per heavy atom. The number of aryl methyl sites for hydroxylation is 1. The Bertz CT molecular complexity index is 635. The quantitative estimate of drug-likeness (QED) is 0.874. The summed E-state index contributed by atoms with van der Waals surface area (Å²) < 4.78 is 5.11. The van der Waals surface area contributed by atoms with Gasteiger partial charge in [0.25, 0.3) is 0 Å². The van der Waals surface area contributed by atoms with Crippen LogP contribution in [0.2, 0.25) is 0 Å². The summed E-state index contributed by atoms with van der Waals surface area (Å²) in [5, 5.41) is 4.40. The lowest BCUT2D eigenvalue weighted by Gasteiger charge is -2.26. The van der Waals surface area contributed by atoms with Crippen molar-refractivity contribution in [2.45, 2.75) is 25.7 Å². The molecule has 3 rings (SSSR count). The van der Waals surface area contributed by atoms with Crippen molar-refractivity contribution in [2.24, 2.45) is 0 Å². The molecule has 0 unspecified atom stereocenters. The Kier molecular flexibility index (Phi) is 3.44. The Morgan fingerprint density at radius 2 is 2.00 bits per heavy atom. The minimum Gasteiger partial charge on any atom is -0.467 e. The molecule has 1 aliphatic heterocycles. The van der Waals surface area contributed by atoms with Gasteiger partial charge in [0.1, 0.15) is 5.82 Å². The molecule has 1 aromatic carbocycles. The zero-order chi connectivity index (χ0) is 14.1. The fourth-order valence-electron chi connectivity index (χ4n) is 3.09. The lowest BCUT2D eigenvalue weighted by molar-refractivity contribution is 0.382. The fraction of sp³-hybridized carbons (Fsp3) is 0.467. The van der Waals surface area contributed by atoms with Gasteiger partial charge < -0.3 is 15.8 Å². The Morgan fingerprint density at radius 1 is 1.25 bits per heavy atom. The summed E-state index contributed by atoms with van der Waals surface area (Å²) in [6.45, 7) is 4.25. The maximum absolute atomic E-state index is 6.16. The predicted molar refractivity (Wildman–Crippen MR) is 80.1 cm³/mol. The fourth-order valence-corrected chi connectivity index (χ4v) is 3.09. The molecule has 0 atom stereocenters. The molecule has 0 saturated carbocycles. The molecular formula is C15H20N4O. The van der Waals surface area contributed by atoms with E-state index in [1.165, 1.54) is 11.1 Å². The summed E-state index contributed by atoms with van der Waals surface area (Å²) in [6.07, 6.45) is 2.26. The van der Waals surface area contributed by atoms with Crippen LogP contribution >= 0.6 is 0 Å². The molecule has 5 heteroatoms. The highest BCUT2D eigenvalue weighted by atomic mass is 16.5. The molecule has 0 bridgehead atoms.